The first kappa shape index (κ1) is 11.4. The molecule has 0 nitrogen and oxygen atoms in total. The maximum absolute atomic E-state index is 11.9. The van der Waals surface area contributed by atoms with E-state index in [4.69, 9.17) is 0 Å². The average Bonchev–Trinajstić information content (AvgIpc) is 1.58. The van der Waals surface area contributed by atoms with Crippen LogP contribution in [-0.4, -0.2) is 16.1 Å². The van der Waals surface area contributed by atoms with E-state index in [1.54, 1.807) is 0 Å². The van der Waals surface area contributed by atoms with E-state index in [0.717, 1.165) is 0 Å². The Bertz CT molecular complexity index is 129. The van der Waals surface area contributed by atoms with Crippen LogP contribution in [0.4, 0.5) is 26.3 Å². The monoisotopic (exact) mass is 264 g/mol. The number of hydrogen-bond donors (Lipinski definition) is 0. The molecule has 1 unspecified atom stereocenters. The number of alkyl halides is 8. The van der Waals surface area contributed by atoms with Gasteiger partial charge in [0.05, 0.1) is 0 Å². The molecule has 0 N–H and O–H groups in total. The third kappa shape index (κ3) is 2.14. The number of rotatable bonds is 1. The summed E-state index contributed by atoms with van der Waals surface area (Å²) in [5.74, 6) is 0. The molecule has 8 heteroatoms. The van der Waals surface area contributed by atoms with E-state index in [0.29, 0.717) is 0 Å². The van der Waals surface area contributed by atoms with Crippen LogP contribution in [0.15, 0.2) is 0 Å². The summed E-state index contributed by atoms with van der Waals surface area (Å²) in [5.41, 5.74) is 0. The lowest BCUT2D eigenvalue weighted by Gasteiger charge is -2.24. The quantitative estimate of drug-likeness (QED) is 0.503. The summed E-state index contributed by atoms with van der Waals surface area (Å²) < 4.78 is 69.3. The molecule has 0 spiro atoms. The van der Waals surface area contributed by atoms with E-state index in [1.807, 2.05) is 0 Å². The molecule has 0 radical (unpaired) electrons. The summed E-state index contributed by atoms with van der Waals surface area (Å²) in [6.45, 7) is 0. The van der Waals surface area contributed by atoms with Crippen molar-refractivity contribution in [3.8, 4) is 0 Å². The second-order valence-corrected chi connectivity index (χ2v) is 3.09. The molecule has 0 amide bonds. The van der Waals surface area contributed by atoms with Gasteiger partial charge in [-0.3, -0.25) is 0 Å². The Kier molecular flexibility index (Phi) is 2.77. The van der Waals surface area contributed by atoms with Crippen molar-refractivity contribution >= 4 is 27.5 Å². The van der Waals surface area contributed by atoms with E-state index < -0.39 is 16.1 Å². The zero-order valence-corrected chi connectivity index (χ0v) is 6.87. The largest absolute Gasteiger partial charge is 0.444 e. The molecule has 0 bridgehead atoms. The molecule has 0 heterocycles. The van der Waals surface area contributed by atoms with Crippen molar-refractivity contribution in [3.05, 3.63) is 0 Å². The molecule has 68 valence electrons. The first-order chi connectivity index (χ1) is 4.50. The minimum Gasteiger partial charge on any atom is -0.208 e. The maximum Gasteiger partial charge on any atom is 0.444 e. The van der Waals surface area contributed by atoms with E-state index in [2.05, 4.69) is 11.6 Å². The van der Waals surface area contributed by atoms with Gasteiger partial charge in [-0.05, 0) is 15.9 Å². The van der Waals surface area contributed by atoms with Crippen LogP contribution in [0.25, 0.3) is 0 Å². The van der Waals surface area contributed by atoms with Gasteiger partial charge in [0, 0.05) is 0 Å². The van der Waals surface area contributed by atoms with E-state index in [1.165, 1.54) is 15.9 Å². The van der Waals surface area contributed by atoms with Gasteiger partial charge in [0.25, 0.3) is 0 Å². The van der Waals surface area contributed by atoms with Crippen LogP contribution in [0.1, 0.15) is 0 Å². The first-order valence-electron chi connectivity index (χ1n) is 2.01. The molecule has 0 aliphatic heterocycles. The highest BCUT2D eigenvalue weighted by molar-refractivity contribution is 9.10. The van der Waals surface area contributed by atoms with Crippen LogP contribution < -0.4 is 0 Å². The van der Waals surface area contributed by atoms with Gasteiger partial charge < -0.3 is 0 Å². The molecule has 0 fully saturated rings. The van der Waals surface area contributed by atoms with Crippen LogP contribution in [0.2, 0.25) is 0 Å². The van der Waals surface area contributed by atoms with Gasteiger partial charge in [-0.15, -0.1) is 0 Å². The minimum absolute atomic E-state index is 1.18. The summed E-state index contributed by atoms with van der Waals surface area (Å²) in [4.78, 5) is -4.83. The highest BCUT2D eigenvalue weighted by Crippen LogP contribution is 2.51. The first-order valence-corrected chi connectivity index (χ1v) is 3.18. The summed E-state index contributed by atoms with van der Waals surface area (Å²) in [7, 11) is 0. The van der Waals surface area contributed by atoms with Crippen LogP contribution in [0.3, 0.4) is 0 Å². The molecule has 0 aromatic heterocycles. The van der Waals surface area contributed by atoms with E-state index in [9.17, 15) is 26.3 Å². The predicted molar refractivity (Wildman–Crippen MR) is 29.6 cm³/mol. The van der Waals surface area contributed by atoms with Gasteiger partial charge in [-0.25, -0.2) is 4.39 Å². The Morgan fingerprint density at radius 3 is 1.18 bits per heavy atom. The Morgan fingerprint density at radius 2 is 1.18 bits per heavy atom. The highest BCUT2D eigenvalue weighted by atomic mass is 79.9. The lowest BCUT2D eigenvalue weighted by Crippen LogP contribution is -2.47. The fraction of sp³-hybridized carbons (Fsp3) is 1.00. The standard InChI is InChI=1S/C3BrClF6/c4-2(7,8)1(5,6)3(9,10)11. The number of hydrogen-bond acceptors (Lipinski definition) is 0. The minimum atomic E-state index is -5.82. The maximum atomic E-state index is 11.9. The fourth-order valence-electron chi connectivity index (χ4n) is 0.161. The molecule has 0 aromatic carbocycles. The van der Waals surface area contributed by atoms with Gasteiger partial charge >= 0.3 is 16.1 Å². The summed E-state index contributed by atoms with van der Waals surface area (Å²) in [6, 6.07) is 0. The van der Waals surface area contributed by atoms with Crippen molar-refractivity contribution < 1.29 is 26.3 Å². The van der Waals surface area contributed by atoms with Gasteiger partial charge in [0.2, 0.25) is 0 Å². The second-order valence-electron chi connectivity index (χ2n) is 1.57. The molecule has 0 rings (SSSR count). The zero-order valence-electron chi connectivity index (χ0n) is 4.52. The third-order valence-corrected chi connectivity index (χ3v) is 1.94. The molecule has 0 aliphatic carbocycles. The predicted octanol–water partition coefficient (Wildman–Crippen LogP) is 3.44. The van der Waals surface area contributed by atoms with E-state index >= 15 is 0 Å². The van der Waals surface area contributed by atoms with E-state index in [-0.39, 0.29) is 0 Å². The van der Waals surface area contributed by atoms with Crippen LogP contribution in [0.5, 0.6) is 0 Å². The average molecular weight is 265 g/mol. The van der Waals surface area contributed by atoms with Crippen molar-refractivity contribution in [1.29, 1.82) is 0 Å². The summed E-state index contributed by atoms with van der Waals surface area (Å²) in [6.07, 6.45) is -5.82. The van der Waals surface area contributed by atoms with Crippen molar-refractivity contribution in [1.82, 2.24) is 0 Å². The van der Waals surface area contributed by atoms with Gasteiger partial charge in [-0.2, -0.15) is 22.0 Å². The second kappa shape index (κ2) is 2.69. The van der Waals surface area contributed by atoms with Crippen molar-refractivity contribution in [2.45, 2.75) is 16.1 Å². The molecule has 1 atom stereocenters. The highest BCUT2D eigenvalue weighted by Gasteiger charge is 2.69. The van der Waals surface area contributed by atoms with Gasteiger partial charge in [0.1, 0.15) is 0 Å². The smallest absolute Gasteiger partial charge is 0.208 e. The lowest BCUT2D eigenvalue weighted by atomic mass is 10.4. The van der Waals surface area contributed by atoms with Crippen molar-refractivity contribution in [2.24, 2.45) is 0 Å². The Morgan fingerprint density at radius 1 is 0.909 bits per heavy atom. The van der Waals surface area contributed by atoms with Gasteiger partial charge in [0.15, 0.2) is 0 Å². The summed E-state index contributed by atoms with van der Waals surface area (Å²) in [5, 5.41) is -5.07. The molecule has 0 aliphatic rings. The van der Waals surface area contributed by atoms with Crippen LogP contribution in [0, 0.1) is 0 Å². The molecule has 0 saturated carbocycles. The van der Waals surface area contributed by atoms with Crippen molar-refractivity contribution in [3.63, 3.8) is 0 Å². The molecular formula is C3BrClF6. The molecule has 0 saturated heterocycles. The van der Waals surface area contributed by atoms with Crippen LogP contribution in [-0.2, 0) is 0 Å². The molecule has 0 aromatic rings. The van der Waals surface area contributed by atoms with Gasteiger partial charge in [-0.1, -0.05) is 11.6 Å². The SMILES string of the molecule is FC(F)(F)C(F)(Cl)C(F)(F)Br. The lowest BCUT2D eigenvalue weighted by molar-refractivity contribution is -0.239. The summed E-state index contributed by atoms with van der Waals surface area (Å²) >= 11 is 5.08. The third-order valence-electron chi connectivity index (χ3n) is 0.712. The molecule has 11 heavy (non-hydrogen) atoms. The van der Waals surface area contributed by atoms with Crippen molar-refractivity contribution in [2.75, 3.05) is 0 Å². The number of halogens is 8. The topological polar surface area (TPSA) is 0 Å². The Balaban J connectivity index is 4.75. The van der Waals surface area contributed by atoms with Crippen LogP contribution >= 0.6 is 27.5 Å². The zero-order chi connectivity index (χ0) is 9.50. The molecular weight excluding hydrogens is 265 g/mol. The normalized spacial score (nSPS) is 19.6. The fourth-order valence-corrected chi connectivity index (χ4v) is 0.386. The Hall–Kier alpha value is 0.350. The Labute approximate surface area is 70.6 Å².